The van der Waals surface area contributed by atoms with E-state index in [0.29, 0.717) is 5.56 Å². The first kappa shape index (κ1) is 13.2. The van der Waals surface area contributed by atoms with E-state index in [9.17, 15) is 4.79 Å². The highest BCUT2D eigenvalue weighted by Gasteiger charge is 2.25. The largest absolute Gasteiger partial charge is 0.368 e. The third-order valence-corrected chi connectivity index (χ3v) is 4.15. The molecule has 1 aromatic heterocycles. The number of para-hydroxylation sites is 1. The molecule has 20 heavy (non-hydrogen) atoms. The second-order valence-corrected chi connectivity index (χ2v) is 5.70. The van der Waals surface area contributed by atoms with E-state index in [-0.39, 0.29) is 11.9 Å². The first-order chi connectivity index (χ1) is 9.74. The summed E-state index contributed by atoms with van der Waals surface area (Å²) in [4.78, 5) is 14.3. The summed E-state index contributed by atoms with van der Waals surface area (Å²) >= 11 is 3.57. The van der Waals surface area contributed by atoms with Crippen LogP contribution in [0.1, 0.15) is 16.8 Å². The summed E-state index contributed by atoms with van der Waals surface area (Å²) in [5.41, 5.74) is 1.75. The van der Waals surface area contributed by atoms with Gasteiger partial charge >= 0.3 is 0 Å². The minimum absolute atomic E-state index is 0.0715. The van der Waals surface area contributed by atoms with Crippen LogP contribution in [0, 0.1) is 0 Å². The van der Waals surface area contributed by atoms with Crippen molar-refractivity contribution in [1.29, 1.82) is 0 Å². The first-order valence-electron chi connectivity index (χ1n) is 6.53. The third kappa shape index (κ3) is 2.70. The highest BCUT2D eigenvalue weighted by atomic mass is 79.9. The molecule has 1 amide bonds. The molecule has 2 aromatic rings. The van der Waals surface area contributed by atoms with E-state index in [0.717, 1.165) is 24.0 Å². The SMILES string of the molecule is O=C(N[C@H]1CCN(c2ccccc2Br)C1)c1cn[nH]c1. The molecule has 104 valence electrons. The van der Waals surface area contributed by atoms with Gasteiger partial charge in [0.2, 0.25) is 0 Å². The second-order valence-electron chi connectivity index (χ2n) is 4.84. The van der Waals surface area contributed by atoms with Gasteiger partial charge in [-0.25, -0.2) is 0 Å². The standard InChI is InChI=1S/C14H15BrN4O/c15-12-3-1-2-4-13(12)19-6-5-11(9-19)18-14(20)10-7-16-17-8-10/h1-4,7-8,11H,5-6,9H2,(H,16,17)(H,18,20)/t11-/m0/s1. The zero-order valence-corrected chi connectivity index (χ0v) is 12.4. The van der Waals surface area contributed by atoms with Gasteiger partial charge in [-0.3, -0.25) is 9.89 Å². The van der Waals surface area contributed by atoms with Gasteiger partial charge in [0.15, 0.2) is 0 Å². The number of carbonyl (C=O) groups is 1. The Morgan fingerprint density at radius 1 is 1.45 bits per heavy atom. The average Bonchev–Trinajstić information content (AvgIpc) is 3.10. The molecular formula is C14H15BrN4O. The predicted octanol–water partition coefficient (Wildman–Crippen LogP) is 2.18. The smallest absolute Gasteiger partial charge is 0.254 e. The maximum atomic E-state index is 12.0. The Labute approximate surface area is 125 Å². The second kappa shape index (κ2) is 5.66. The van der Waals surface area contributed by atoms with Crippen LogP contribution in [-0.2, 0) is 0 Å². The number of amides is 1. The molecule has 0 spiro atoms. The molecular weight excluding hydrogens is 320 g/mol. The number of hydrogen-bond donors (Lipinski definition) is 2. The number of nitrogens with zero attached hydrogens (tertiary/aromatic N) is 2. The molecule has 1 fully saturated rings. The van der Waals surface area contributed by atoms with E-state index in [1.54, 1.807) is 6.20 Å². The number of H-pyrrole nitrogens is 1. The molecule has 0 saturated carbocycles. The fourth-order valence-corrected chi connectivity index (χ4v) is 2.98. The van der Waals surface area contributed by atoms with Crippen LogP contribution in [0.25, 0.3) is 0 Å². The predicted molar refractivity (Wildman–Crippen MR) is 80.8 cm³/mol. The summed E-state index contributed by atoms with van der Waals surface area (Å²) in [5, 5.41) is 9.48. The number of nitrogens with one attached hydrogen (secondary N) is 2. The molecule has 0 radical (unpaired) electrons. The number of rotatable bonds is 3. The van der Waals surface area contributed by atoms with Gasteiger partial charge in [-0.05, 0) is 34.5 Å². The van der Waals surface area contributed by atoms with E-state index < -0.39 is 0 Å². The van der Waals surface area contributed by atoms with Crippen LogP contribution in [0.5, 0.6) is 0 Å². The number of carbonyl (C=O) groups excluding carboxylic acids is 1. The Bertz CT molecular complexity index is 599. The Balaban J connectivity index is 1.63. The van der Waals surface area contributed by atoms with Crippen LogP contribution >= 0.6 is 15.9 Å². The van der Waals surface area contributed by atoms with Gasteiger partial charge in [-0.2, -0.15) is 5.10 Å². The molecule has 1 aromatic carbocycles. The third-order valence-electron chi connectivity index (χ3n) is 3.48. The number of aromatic nitrogens is 2. The van der Waals surface area contributed by atoms with Gasteiger partial charge in [0, 0.05) is 29.8 Å². The minimum Gasteiger partial charge on any atom is -0.368 e. The fraction of sp³-hybridized carbons (Fsp3) is 0.286. The van der Waals surface area contributed by atoms with E-state index in [2.05, 4.69) is 42.4 Å². The number of hydrogen-bond acceptors (Lipinski definition) is 3. The Hall–Kier alpha value is -1.82. The van der Waals surface area contributed by atoms with Gasteiger partial charge in [-0.15, -0.1) is 0 Å². The summed E-state index contributed by atoms with van der Waals surface area (Å²) in [6.07, 6.45) is 4.09. The maximum Gasteiger partial charge on any atom is 0.254 e. The van der Waals surface area contributed by atoms with Crippen LogP contribution in [-0.4, -0.2) is 35.2 Å². The molecule has 6 heteroatoms. The molecule has 2 N–H and O–H groups in total. The molecule has 1 saturated heterocycles. The zero-order valence-electron chi connectivity index (χ0n) is 10.8. The highest BCUT2D eigenvalue weighted by Crippen LogP contribution is 2.28. The van der Waals surface area contributed by atoms with Crippen molar-refractivity contribution in [2.75, 3.05) is 18.0 Å². The lowest BCUT2D eigenvalue weighted by molar-refractivity contribution is 0.0940. The fourth-order valence-electron chi connectivity index (χ4n) is 2.45. The van der Waals surface area contributed by atoms with Crippen molar-refractivity contribution in [2.45, 2.75) is 12.5 Å². The minimum atomic E-state index is -0.0715. The molecule has 0 aliphatic carbocycles. The molecule has 0 bridgehead atoms. The van der Waals surface area contributed by atoms with Crippen molar-refractivity contribution in [1.82, 2.24) is 15.5 Å². The van der Waals surface area contributed by atoms with Crippen molar-refractivity contribution in [3.05, 3.63) is 46.7 Å². The van der Waals surface area contributed by atoms with Crippen molar-refractivity contribution in [2.24, 2.45) is 0 Å². The topological polar surface area (TPSA) is 61.0 Å². The zero-order chi connectivity index (χ0) is 13.9. The monoisotopic (exact) mass is 334 g/mol. The molecule has 1 aliphatic heterocycles. The summed E-state index contributed by atoms with van der Waals surface area (Å²) in [6, 6.07) is 8.32. The van der Waals surface area contributed by atoms with Gasteiger partial charge in [0.1, 0.15) is 0 Å². The summed E-state index contributed by atoms with van der Waals surface area (Å²) < 4.78 is 1.09. The summed E-state index contributed by atoms with van der Waals surface area (Å²) in [5.74, 6) is -0.0715. The van der Waals surface area contributed by atoms with Crippen LogP contribution in [0.3, 0.4) is 0 Å². The molecule has 0 unspecified atom stereocenters. The number of halogens is 1. The van der Waals surface area contributed by atoms with Gasteiger partial charge < -0.3 is 10.2 Å². The van der Waals surface area contributed by atoms with E-state index in [1.807, 2.05) is 18.2 Å². The van der Waals surface area contributed by atoms with Crippen LogP contribution < -0.4 is 10.2 Å². The first-order valence-corrected chi connectivity index (χ1v) is 7.32. The van der Waals surface area contributed by atoms with Crippen molar-refractivity contribution < 1.29 is 4.79 Å². The van der Waals surface area contributed by atoms with Gasteiger partial charge in [0.05, 0.1) is 17.4 Å². The summed E-state index contributed by atoms with van der Waals surface area (Å²) in [6.45, 7) is 1.77. The molecule has 1 atom stereocenters. The Morgan fingerprint density at radius 3 is 3.05 bits per heavy atom. The lowest BCUT2D eigenvalue weighted by Gasteiger charge is -2.20. The average molecular weight is 335 g/mol. The quantitative estimate of drug-likeness (QED) is 0.904. The van der Waals surface area contributed by atoms with Crippen LogP contribution in [0.4, 0.5) is 5.69 Å². The molecule has 3 rings (SSSR count). The van der Waals surface area contributed by atoms with Crippen molar-refractivity contribution in [3.63, 3.8) is 0 Å². The van der Waals surface area contributed by atoms with E-state index >= 15 is 0 Å². The Kier molecular flexibility index (Phi) is 3.73. The number of benzene rings is 1. The van der Waals surface area contributed by atoms with Gasteiger partial charge in [0.25, 0.3) is 5.91 Å². The van der Waals surface area contributed by atoms with Crippen molar-refractivity contribution in [3.8, 4) is 0 Å². The van der Waals surface area contributed by atoms with Crippen molar-refractivity contribution >= 4 is 27.5 Å². The molecule has 1 aliphatic rings. The van der Waals surface area contributed by atoms with E-state index in [4.69, 9.17) is 0 Å². The summed E-state index contributed by atoms with van der Waals surface area (Å²) in [7, 11) is 0. The van der Waals surface area contributed by atoms with Crippen LogP contribution in [0.2, 0.25) is 0 Å². The molecule has 5 nitrogen and oxygen atoms in total. The lowest BCUT2D eigenvalue weighted by Crippen LogP contribution is -2.37. The number of aromatic amines is 1. The molecule has 2 heterocycles. The Morgan fingerprint density at radius 2 is 2.30 bits per heavy atom. The van der Waals surface area contributed by atoms with E-state index in [1.165, 1.54) is 11.9 Å². The highest BCUT2D eigenvalue weighted by molar-refractivity contribution is 9.10. The van der Waals surface area contributed by atoms with Gasteiger partial charge in [-0.1, -0.05) is 12.1 Å². The number of anilines is 1. The lowest BCUT2D eigenvalue weighted by atomic mass is 10.2. The normalized spacial score (nSPS) is 18.2. The van der Waals surface area contributed by atoms with Crippen LogP contribution in [0.15, 0.2) is 41.1 Å². The maximum absolute atomic E-state index is 12.0.